The van der Waals surface area contributed by atoms with Gasteiger partial charge >= 0.3 is 0 Å². The molecule has 0 radical (unpaired) electrons. The van der Waals surface area contributed by atoms with Crippen molar-refractivity contribution in [3.05, 3.63) is 54.3 Å². The van der Waals surface area contributed by atoms with Gasteiger partial charge in [0.05, 0.1) is 18.6 Å². The van der Waals surface area contributed by atoms with Crippen LogP contribution in [0.4, 0.5) is 10.1 Å². The van der Waals surface area contributed by atoms with Crippen molar-refractivity contribution in [3.8, 4) is 11.5 Å². The molecule has 2 aromatic carbocycles. The first kappa shape index (κ1) is 22.8. The average molecular weight is 452 g/mol. The van der Waals surface area contributed by atoms with E-state index in [1.807, 2.05) is 4.90 Å². The second-order valence-corrected chi connectivity index (χ2v) is 9.06. The molecule has 8 nitrogen and oxygen atoms in total. The molecule has 0 unspecified atom stereocenters. The molecule has 0 aromatic heterocycles. The number of piperazine rings is 1. The number of para-hydroxylation sites is 1. The van der Waals surface area contributed by atoms with Gasteiger partial charge in [0, 0.05) is 38.8 Å². The van der Waals surface area contributed by atoms with Crippen molar-refractivity contribution in [2.24, 2.45) is 0 Å². The highest BCUT2D eigenvalue weighted by atomic mass is 32.2. The SMILES string of the molecule is COc1cccc(OCC(=O)NCCS(=O)(=O)N2CCN(c3ccccc3F)CC2)c1. The van der Waals surface area contributed by atoms with Crippen LogP contribution < -0.4 is 19.7 Å². The number of amides is 1. The summed E-state index contributed by atoms with van der Waals surface area (Å²) in [6.07, 6.45) is 0. The minimum atomic E-state index is -3.53. The molecule has 1 amide bonds. The molecule has 1 aliphatic rings. The molecular formula is C21H26FN3O5S. The van der Waals surface area contributed by atoms with Gasteiger partial charge in [0.2, 0.25) is 10.0 Å². The summed E-state index contributed by atoms with van der Waals surface area (Å²) in [7, 11) is -2.00. The molecule has 1 saturated heterocycles. The topological polar surface area (TPSA) is 88.2 Å². The first-order valence-electron chi connectivity index (χ1n) is 9.90. The number of benzene rings is 2. The van der Waals surface area contributed by atoms with E-state index in [4.69, 9.17) is 9.47 Å². The van der Waals surface area contributed by atoms with Gasteiger partial charge in [-0.3, -0.25) is 4.79 Å². The van der Waals surface area contributed by atoms with Crippen LogP contribution in [0.15, 0.2) is 48.5 Å². The molecule has 31 heavy (non-hydrogen) atoms. The lowest BCUT2D eigenvalue weighted by Gasteiger charge is -2.35. The van der Waals surface area contributed by atoms with Crippen molar-refractivity contribution in [1.29, 1.82) is 0 Å². The first-order chi connectivity index (χ1) is 14.9. The summed E-state index contributed by atoms with van der Waals surface area (Å²) >= 11 is 0. The molecule has 0 bridgehead atoms. The second kappa shape index (κ2) is 10.5. The van der Waals surface area contributed by atoms with Gasteiger partial charge in [0.15, 0.2) is 6.61 Å². The fourth-order valence-electron chi connectivity index (χ4n) is 3.25. The van der Waals surface area contributed by atoms with Gasteiger partial charge < -0.3 is 19.7 Å². The van der Waals surface area contributed by atoms with Crippen LogP contribution >= 0.6 is 0 Å². The molecule has 0 aliphatic carbocycles. The molecular weight excluding hydrogens is 425 g/mol. The van der Waals surface area contributed by atoms with E-state index in [-0.39, 0.29) is 37.8 Å². The third-order valence-corrected chi connectivity index (χ3v) is 6.79. The number of nitrogens with zero attached hydrogens (tertiary/aromatic N) is 2. The highest BCUT2D eigenvalue weighted by Crippen LogP contribution is 2.21. The molecule has 1 heterocycles. The highest BCUT2D eigenvalue weighted by Gasteiger charge is 2.27. The summed E-state index contributed by atoms with van der Waals surface area (Å²) in [5.74, 6) is 0.145. The zero-order chi connectivity index (χ0) is 22.3. The lowest BCUT2D eigenvalue weighted by Crippen LogP contribution is -2.50. The number of anilines is 1. The van der Waals surface area contributed by atoms with Crippen molar-refractivity contribution in [2.45, 2.75) is 0 Å². The monoisotopic (exact) mass is 451 g/mol. The van der Waals surface area contributed by atoms with E-state index in [1.54, 1.807) is 42.5 Å². The van der Waals surface area contributed by atoms with Gasteiger partial charge in [-0.15, -0.1) is 0 Å². The van der Waals surface area contributed by atoms with Crippen LogP contribution in [0.25, 0.3) is 0 Å². The standard InChI is InChI=1S/C21H26FN3O5S/c1-29-17-5-4-6-18(15-17)30-16-21(26)23-9-14-31(27,28)25-12-10-24(11-13-25)20-8-3-2-7-19(20)22/h2-8,15H,9-14,16H2,1H3,(H,23,26). The van der Waals surface area contributed by atoms with Crippen LogP contribution in [-0.4, -0.2) is 70.8 Å². The Hall–Kier alpha value is -2.85. The van der Waals surface area contributed by atoms with Crippen molar-refractivity contribution in [3.63, 3.8) is 0 Å². The summed E-state index contributed by atoms with van der Waals surface area (Å²) in [5, 5.41) is 2.56. The maximum absolute atomic E-state index is 13.9. The van der Waals surface area contributed by atoms with Crippen molar-refractivity contribution >= 4 is 21.6 Å². The molecule has 0 spiro atoms. The van der Waals surface area contributed by atoms with E-state index in [0.717, 1.165) is 0 Å². The number of ether oxygens (including phenoxy) is 2. The molecule has 10 heteroatoms. The Kier molecular flexibility index (Phi) is 7.69. The van der Waals surface area contributed by atoms with E-state index in [0.29, 0.717) is 30.3 Å². The summed E-state index contributed by atoms with van der Waals surface area (Å²) < 4.78 is 50.9. The van der Waals surface area contributed by atoms with Gasteiger partial charge in [-0.05, 0) is 24.3 Å². The lowest BCUT2D eigenvalue weighted by atomic mass is 10.2. The Balaban J connectivity index is 1.41. The molecule has 1 fully saturated rings. The molecule has 0 saturated carbocycles. The molecule has 2 aromatic rings. The van der Waals surface area contributed by atoms with Crippen LogP contribution in [-0.2, 0) is 14.8 Å². The van der Waals surface area contributed by atoms with Crippen LogP contribution in [0.1, 0.15) is 0 Å². The minimum Gasteiger partial charge on any atom is -0.497 e. The predicted octanol–water partition coefficient (Wildman–Crippen LogP) is 1.48. The molecule has 1 N–H and O–H groups in total. The number of carbonyl (C=O) groups excluding carboxylic acids is 1. The molecule has 1 aliphatic heterocycles. The number of methoxy groups -OCH3 is 1. The average Bonchev–Trinajstić information content (AvgIpc) is 2.78. The van der Waals surface area contributed by atoms with Crippen LogP contribution in [0, 0.1) is 5.82 Å². The molecule has 3 rings (SSSR count). The van der Waals surface area contributed by atoms with E-state index < -0.39 is 15.9 Å². The van der Waals surface area contributed by atoms with Crippen LogP contribution in [0.2, 0.25) is 0 Å². The Morgan fingerprint density at radius 2 is 1.77 bits per heavy atom. The van der Waals surface area contributed by atoms with Gasteiger partial charge in [-0.25, -0.2) is 12.8 Å². The second-order valence-electron chi connectivity index (χ2n) is 6.97. The summed E-state index contributed by atoms with van der Waals surface area (Å²) in [4.78, 5) is 13.8. The van der Waals surface area contributed by atoms with E-state index in [1.165, 1.54) is 17.5 Å². The fourth-order valence-corrected chi connectivity index (χ4v) is 4.59. The lowest BCUT2D eigenvalue weighted by molar-refractivity contribution is -0.122. The summed E-state index contributed by atoms with van der Waals surface area (Å²) in [6.45, 7) is 1.10. The minimum absolute atomic E-state index is 0.0177. The fraction of sp³-hybridized carbons (Fsp3) is 0.381. The largest absolute Gasteiger partial charge is 0.497 e. The first-order valence-corrected chi connectivity index (χ1v) is 11.5. The van der Waals surface area contributed by atoms with Gasteiger partial charge in [-0.1, -0.05) is 18.2 Å². The number of rotatable bonds is 9. The number of hydrogen-bond acceptors (Lipinski definition) is 6. The Morgan fingerprint density at radius 1 is 1.06 bits per heavy atom. The zero-order valence-electron chi connectivity index (χ0n) is 17.3. The van der Waals surface area contributed by atoms with Gasteiger partial charge in [0.1, 0.15) is 17.3 Å². The van der Waals surface area contributed by atoms with Crippen LogP contribution in [0.3, 0.4) is 0 Å². The van der Waals surface area contributed by atoms with Crippen LogP contribution in [0.5, 0.6) is 11.5 Å². The molecule has 0 atom stereocenters. The quantitative estimate of drug-likeness (QED) is 0.622. The maximum Gasteiger partial charge on any atom is 0.257 e. The zero-order valence-corrected chi connectivity index (χ0v) is 18.1. The maximum atomic E-state index is 13.9. The highest BCUT2D eigenvalue weighted by molar-refractivity contribution is 7.89. The normalized spacial score (nSPS) is 14.8. The predicted molar refractivity (Wildman–Crippen MR) is 115 cm³/mol. The molecule has 168 valence electrons. The van der Waals surface area contributed by atoms with Gasteiger partial charge in [0.25, 0.3) is 5.91 Å². The Morgan fingerprint density at radius 3 is 2.48 bits per heavy atom. The summed E-state index contributed by atoms with van der Waals surface area (Å²) in [5.41, 5.74) is 0.475. The Labute approximate surface area is 181 Å². The van der Waals surface area contributed by atoms with Crippen molar-refractivity contribution in [1.82, 2.24) is 9.62 Å². The van der Waals surface area contributed by atoms with Crippen molar-refractivity contribution in [2.75, 3.05) is 57.1 Å². The number of halogens is 1. The van der Waals surface area contributed by atoms with Crippen molar-refractivity contribution < 1.29 is 27.1 Å². The van der Waals surface area contributed by atoms with E-state index in [2.05, 4.69) is 5.32 Å². The Bertz CT molecular complexity index is 994. The van der Waals surface area contributed by atoms with E-state index >= 15 is 0 Å². The van der Waals surface area contributed by atoms with Gasteiger partial charge in [-0.2, -0.15) is 4.31 Å². The summed E-state index contributed by atoms with van der Waals surface area (Å²) in [6, 6.07) is 13.3. The number of hydrogen-bond donors (Lipinski definition) is 1. The number of sulfonamides is 1. The van der Waals surface area contributed by atoms with E-state index in [9.17, 15) is 17.6 Å². The smallest absolute Gasteiger partial charge is 0.257 e. The number of nitrogens with one attached hydrogen (secondary N) is 1. The third kappa shape index (κ3) is 6.31. The third-order valence-electron chi connectivity index (χ3n) is 4.92. The number of carbonyl (C=O) groups is 1.